The highest BCUT2D eigenvalue weighted by molar-refractivity contribution is 5.13. The van der Waals surface area contributed by atoms with E-state index in [1.165, 1.54) is 0 Å². The van der Waals surface area contributed by atoms with Gasteiger partial charge in [0.1, 0.15) is 0 Å². The lowest BCUT2D eigenvalue weighted by Crippen LogP contribution is -2.00. The van der Waals surface area contributed by atoms with Gasteiger partial charge in [0.05, 0.1) is 12.6 Å². The predicted molar refractivity (Wildman–Crippen MR) is 43.2 cm³/mol. The molecule has 62 valence electrons. The van der Waals surface area contributed by atoms with Gasteiger partial charge in [-0.2, -0.15) is 0 Å². The third-order valence-electron chi connectivity index (χ3n) is 1.41. The maximum Gasteiger partial charge on any atom is 0.0847 e. The summed E-state index contributed by atoms with van der Waals surface area (Å²) >= 11 is 0. The van der Waals surface area contributed by atoms with Crippen LogP contribution in [-0.2, 0) is 0 Å². The Labute approximate surface area is 69.3 Å². The zero-order chi connectivity index (χ0) is 8.81. The van der Waals surface area contributed by atoms with Crippen molar-refractivity contribution >= 4 is 0 Å². The van der Waals surface area contributed by atoms with E-state index in [2.05, 4.69) is 15.0 Å². The van der Waals surface area contributed by atoms with E-state index in [4.69, 9.17) is 5.53 Å². The number of hydrogen-bond donors (Lipinski definition) is 1. The van der Waals surface area contributed by atoms with Crippen LogP contribution in [0.3, 0.4) is 0 Å². The molecule has 1 aromatic rings. The Morgan fingerprint density at radius 1 is 1.58 bits per heavy atom. The first kappa shape index (κ1) is 8.52. The Morgan fingerprint density at radius 3 is 2.83 bits per heavy atom. The predicted octanol–water partition coefficient (Wildman–Crippen LogP) is 1.43. The first-order chi connectivity index (χ1) is 5.84. The first-order valence-electron chi connectivity index (χ1n) is 3.43. The van der Waals surface area contributed by atoms with Crippen molar-refractivity contribution in [1.29, 1.82) is 0 Å². The molecule has 0 bridgehead atoms. The van der Waals surface area contributed by atoms with Crippen molar-refractivity contribution in [3.8, 4) is 0 Å². The zero-order valence-corrected chi connectivity index (χ0v) is 6.33. The van der Waals surface area contributed by atoms with Crippen LogP contribution in [0.15, 0.2) is 29.6 Å². The number of aliphatic hydroxyl groups excluding tert-OH is 1. The van der Waals surface area contributed by atoms with Gasteiger partial charge in [-0.05, 0) is 23.2 Å². The Balaban J connectivity index is 2.65. The quantitative estimate of drug-likeness (QED) is 0.416. The van der Waals surface area contributed by atoms with E-state index in [0.29, 0.717) is 5.56 Å². The molecule has 0 aliphatic carbocycles. The zero-order valence-electron chi connectivity index (χ0n) is 6.33. The molecule has 1 rings (SSSR count). The molecule has 0 fully saturated rings. The smallest absolute Gasteiger partial charge is 0.0847 e. The lowest BCUT2D eigenvalue weighted by molar-refractivity contribution is 0.186. The van der Waals surface area contributed by atoms with E-state index in [1.807, 2.05) is 0 Å². The van der Waals surface area contributed by atoms with E-state index >= 15 is 0 Å². The number of rotatable bonds is 3. The summed E-state index contributed by atoms with van der Waals surface area (Å²) in [6, 6.07) is 3.36. The summed E-state index contributed by atoms with van der Waals surface area (Å²) in [6.45, 7) is 0.0561. The van der Waals surface area contributed by atoms with Crippen LogP contribution in [0.2, 0.25) is 0 Å². The minimum absolute atomic E-state index is 0.0561. The van der Waals surface area contributed by atoms with Crippen LogP contribution in [0.5, 0.6) is 0 Å². The van der Waals surface area contributed by atoms with Gasteiger partial charge in [-0.3, -0.25) is 4.98 Å². The van der Waals surface area contributed by atoms with Crippen LogP contribution < -0.4 is 0 Å². The molecule has 0 amide bonds. The molecule has 1 N–H and O–H groups in total. The molecule has 0 saturated carbocycles. The van der Waals surface area contributed by atoms with Gasteiger partial charge < -0.3 is 5.11 Å². The van der Waals surface area contributed by atoms with E-state index in [0.717, 1.165) is 0 Å². The summed E-state index contributed by atoms with van der Waals surface area (Å²) in [5, 5.41) is 12.6. The molecular weight excluding hydrogens is 156 g/mol. The number of aliphatic hydroxyl groups is 1. The van der Waals surface area contributed by atoms with E-state index in [-0.39, 0.29) is 6.54 Å². The molecule has 12 heavy (non-hydrogen) atoms. The van der Waals surface area contributed by atoms with Crippen molar-refractivity contribution in [3.05, 3.63) is 40.5 Å². The number of nitrogens with zero attached hydrogens (tertiary/aromatic N) is 4. The van der Waals surface area contributed by atoms with Gasteiger partial charge in [0, 0.05) is 17.3 Å². The number of hydrogen-bond acceptors (Lipinski definition) is 3. The molecule has 0 saturated heterocycles. The first-order valence-corrected chi connectivity index (χ1v) is 3.43. The minimum Gasteiger partial charge on any atom is -0.388 e. The molecule has 0 aromatic carbocycles. The van der Waals surface area contributed by atoms with E-state index < -0.39 is 6.10 Å². The third kappa shape index (κ3) is 2.23. The van der Waals surface area contributed by atoms with Crippen molar-refractivity contribution in [1.82, 2.24) is 4.98 Å². The normalized spacial score (nSPS) is 11.8. The van der Waals surface area contributed by atoms with Crippen molar-refractivity contribution in [3.63, 3.8) is 0 Å². The second kappa shape index (κ2) is 4.33. The second-order valence-corrected chi connectivity index (χ2v) is 2.21. The largest absolute Gasteiger partial charge is 0.388 e. The van der Waals surface area contributed by atoms with Crippen LogP contribution in [0.4, 0.5) is 0 Å². The molecule has 1 atom stereocenters. The van der Waals surface area contributed by atoms with Crippen molar-refractivity contribution in [2.24, 2.45) is 5.11 Å². The van der Waals surface area contributed by atoms with Crippen molar-refractivity contribution in [2.75, 3.05) is 6.54 Å². The third-order valence-corrected chi connectivity index (χ3v) is 1.41. The Hall–Kier alpha value is -1.58. The standard InChI is InChI=1S/C7H8N4O/c8-11-10-5-7(12)6-1-3-9-4-2-6/h1-4,7,12H,5H2/t7-/m1/s1. The summed E-state index contributed by atoms with van der Waals surface area (Å²) in [5.41, 5.74) is 8.70. The SMILES string of the molecule is [N-]=[N+]=NC[C@@H](O)c1ccncc1. The highest BCUT2D eigenvalue weighted by Crippen LogP contribution is 2.10. The van der Waals surface area contributed by atoms with Crippen molar-refractivity contribution in [2.45, 2.75) is 6.10 Å². The molecule has 0 aliphatic rings. The lowest BCUT2D eigenvalue weighted by Gasteiger charge is -2.05. The summed E-state index contributed by atoms with van der Waals surface area (Å²) in [4.78, 5) is 6.34. The van der Waals surface area contributed by atoms with E-state index in [1.54, 1.807) is 24.5 Å². The average Bonchev–Trinajstić information content (AvgIpc) is 2.15. The van der Waals surface area contributed by atoms with Gasteiger partial charge in [0.2, 0.25) is 0 Å². The molecular formula is C7H8N4O. The molecule has 0 spiro atoms. The average molecular weight is 164 g/mol. The molecule has 0 radical (unpaired) electrons. The Bertz CT molecular complexity index is 281. The topological polar surface area (TPSA) is 81.9 Å². The molecule has 0 aliphatic heterocycles. The Morgan fingerprint density at radius 2 is 2.25 bits per heavy atom. The van der Waals surface area contributed by atoms with Gasteiger partial charge in [0.25, 0.3) is 0 Å². The van der Waals surface area contributed by atoms with Crippen LogP contribution in [0.25, 0.3) is 10.4 Å². The van der Waals surface area contributed by atoms with Gasteiger partial charge in [0.15, 0.2) is 0 Å². The van der Waals surface area contributed by atoms with Crippen LogP contribution in [0.1, 0.15) is 11.7 Å². The minimum atomic E-state index is -0.733. The summed E-state index contributed by atoms with van der Waals surface area (Å²) in [5.74, 6) is 0. The van der Waals surface area contributed by atoms with Gasteiger partial charge in [-0.15, -0.1) is 0 Å². The highest BCUT2D eigenvalue weighted by atomic mass is 16.3. The van der Waals surface area contributed by atoms with Gasteiger partial charge in [-0.25, -0.2) is 0 Å². The maximum absolute atomic E-state index is 9.36. The fraction of sp³-hybridized carbons (Fsp3) is 0.286. The van der Waals surface area contributed by atoms with Crippen LogP contribution in [0, 0.1) is 0 Å². The molecule has 1 heterocycles. The molecule has 0 unspecified atom stereocenters. The summed E-state index contributed by atoms with van der Waals surface area (Å²) in [6.07, 6.45) is 2.42. The highest BCUT2D eigenvalue weighted by Gasteiger charge is 2.03. The maximum atomic E-state index is 9.36. The summed E-state index contributed by atoms with van der Waals surface area (Å²) < 4.78 is 0. The van der Waals surface area contributed by atoms with Gasteiger partial charge >= 0.3 is 0 Å². The monoisotopic (exact) mass is 164 g/mol. The van der Waals surface area contributed by atoms with Crippen LogP contribution >= 0.6 is 0 Å². The number of aromatic nitrogens is 1. The lowest BCUT2D eigenvalue weighted by atomic mass is 10.1. The molecule has 5 nitrogen and oxygen atoms in total. The van der Waals surface area contributed by atoms with Crippen LogP contribution in [-0.4, -0.2) is 16.6 Å². The number of azide groups is 1. The van der Waals surface area contributed by atoms with E-state index in [9.17, 15) is 5.11 Å². The molecule has 5 heteroatoms. The molecule has 1 aromatic heterocycles. The fourth-order valence-corrected chi connectivity index (χ4v) is 0.805. The second-order valence-electron chi connectivity index (χ2n) is 2.21. The number of pyridine rings is 1. The van der Waals surface area contributed by atoms with Crippen molar-refractivity contribution < 1.29 is 5.11 Å². The van der Waals surface area contributed by atoms with Gasteiger partial charge in [-0.1, -0.05) is 5.11 Å². The summed E-state index contributed by atoms with van der Waals surface area (Å²) in [7, 11) is 0. The fourth-order valence-electron chi connectivity index (χ4n) is 0.805. The Kier molecular flexibility index (Phi) is 3.07.